The van der Waals surface area contributed by atoms with Crippen LogP contribution in [-0.4, -0.2) is 37.2 Å². The van der Waals surface area contributed by atoms with Crippen molar-refractivity contribution in [2.75, 3.05) is 13.2 Å². The maximum Gasteiger partial charge on any atom is 0.306 e. The van der Waals surface area contributed by atoms with E-state index >= 15 is 0 Å². The van der Waals surface area contributed by atoms with Gasteiger partial charge in [0.05, 0.1) is 0 Å². The molecule has 6 heteroatoms. The molecule has 0 aliphatic carbocycles. The van der Waals surface area contributed by atoms with Crippen molar-refractivity contribution in [2.24, 2.45) is 0 Å². The molecule has 0 spiro atoms. The van der Waals surface area contributed by atoms with E-state index in [1.54, 1.807) is 0 Å². The third-order valence-electron chi connectivity index (χ3n) is 14.6. The highest BCUT2D eigenvalue weighted by Gasteiger charge is 2.19. The Kier molecular flexibility index (Phi) is 66.3. The predicted molar refractivity (Wildman–Crippen MR) is 362 cm³/mol. The lowest BCUT2D eigenvalue weighted by atomic mass is 10.0. The Morgan fingerprint density at radius 1 is 0.253 bits per heavy atom. The Balaban J connectivity index is 4.26. The molecule has 0 radical (unpaired) electrons. The summed E-state index contributed by atoms with van der Waals surface area (Å²) in [7, 11) is 0. The average Bonchev–Trinajstić information content (AvgIpc) is 3.49. The number of allylic oxidation sites excluding steroid dienone is 22. The van der Waals surface area contributed by atoms with Crippen molar-refractivity contribution >= 4 is 17.9 Å². The van der Waals surface area contributed by atoms with E-state index in [2.05, 4.69) is 154 Å². The Morgan fingerprint density at radius 2 is 0.470 bits per heavy atom. The quantitative estimate of drug-likeness (QED) is 0.0261. The molecule has 0 heterocycles. The minimum atomic E-state index is -0.794. The van der Waals surface area contributed by atoms with Gasteiger partial charge in [0, 0.05) is 19.3 Å². The first kappa shape index (κ1) is 78.5. The van der Waals surface area contributed by atoms with Crippen LogP contribution in [0.3, 0.4) is 0 Å². The molecular formula is C77H128O6. The molecular weight excluding hydrogens is 1020 g/mol. The van der Waals surface area contributed by atoms with Crippen LogP contribution in [0.1, 0.15) is 316 Å². The lowest BCUT2D eigenvalue weighted by Crippen LogP contribution is -2.30. The van der Waals surface area contributed by atoms with Crippen LogP contribution in [0.5, 0.6) is 0 Å². The highest BCUT2D eigenvalue weighted by molar-refractivity contribution is 5.71. The second-order valence-corrected chi connectivity index (χ2v) is 22.7. The van der Waals surface area contributed by atoms with Crippen LogP contribution in [0.4, 0.5) is 0 Å². The van der Waals surface area contributed by atoms with Gasteiger partial charge in [0.1, 0.15) is 13.2 Å². The smallest absolute Gasteiger partial charge is 0.306 e. The topological polar surface area (TPSA) is 78.9 Å². The van der Waals surface area contributed by atoms with Crippen molar-refractivity contribution in [3.8, 4) is 0 Å². The molecule has 1 unspecified atom stereocenters. The first-order valence-corrected chi connectivity index (χ1v) is 34.7. The van der Waals surface area contributed by atoms with E-state index in [1.165, 1.54) is 128 Å². The summed E-state index contributed by atoms with van der Waals surface area (Å²) in [5, 5.41) is 0. The second-order valence-electron chi connectivity index (χ2n) is 22.7. The summed E-state index contributed by atoms with van der Waals surface area (Å²) < 4.78 is 16.9. The standard InChI is InChI=1S/C77H128O6/c1-4-7-10-13-16-19-22-25-28-30-31-32-33-34-35-36-37-38-39-40-41-42-43-44-45-47-49-52-55-58-61-64-67-70-76(79)82-73-74(72-81-75(78)69-66-63-60-57-54-51-48-27-24-21-18-15-12-9-6-3)83-77(80)71-68-65-62-59-56-53-50-46-29-26-23-20-17-14-11-8-5-2/h7-8,10-11,16-21,25-29,31-32,34-35,37-38,48,74H,4-6,9,12-15,22-24,30,33,36,39-47,49-73H2,1-3H3/b10-7-,11-8-,19-16-,20-17-,21-18-,28-25-,29-26-,32-31-,35-34-,38-37-,48-27-. The highest BCUT2D eigenvalue weighted by atomic mass is 16.6. The van der Waals surface area contributed by atoms with Gasteiger partial charge in [-0.2, -0.15) is 0 Å². The van der Waals surface area contributed by atoms with E-state index in [1.807, 2.05) is 0 Å². The Bertz CT molecular complexity index is 1750. The summed E-state index contributed by atoms with van der Waals surface area (Å²) in [6, 6.07) is 0. The van der Waals surface area contributed by atoms with Crippen LogP contribution in [0.25, 0.3) is 0 Å². The summed E-state index contributed by atoms with van der Waals surface area (Å²) >= 11 is 0. The molecule has 0 aliphatic rings. The van der Waals surface area contributed by atoms with Gasteiger partial charge in [0.2, 0.25) is 0 Å². The second kappa shape index (κ2) is 70.0. The van der Waals surface area contributed by atoms with Crippen molar-refractivity contribution in [2.45, 2.75) is 322 Å². The Hall–Kier alpha value is -4.45. The average molecular weight is 1150 g/mol. The molecule has 0 fully saturated rings. The normalized spacial score (nSPS) is 13.0. The maximum atomic E-state index is 12.9. The van der Waals surface area contributed by atoms with Crippen LogP contribution in [0.2, 0.25) is 0 Å². The number of carbonyl (C=O) groups is 3. The fourth-order valence-corrected chi connectivity index (χ4v) is 9.49. The van der Waals surface area contributed by atoms with Gasteiger partial charge in [-0.15, -0.1) is 0 Å². The highest BCUT2D eigenvalue weighted by Crippen LogP contribution is 2.16. The molecule has 0 aliphatic heterocycles. The van der Waals surface area contributed by atoms with Crippen LogP contribution in [0, 0.1) is 0 Å². The molecule has 83 heavy (non-hydrogen) atoms. The predicted octanol–water partition coefficient (Wildman–Crippen LogP) is 24.1. The van der Waals surface area contributed by atoms with Gasteiger partial charge >= 0.3 is 17.9 Å². The molecule has 0 rings (SSSR count). The molecule has 0 aromatic carbocycles. The minimum Gasteiger partial charge on any atom is -0.462 e. The van der Waals surface area contributed by atoms with E-state index in [0.29, 0.717) is 19.3 Å². The number of hydrogen-bond donors (Lipinski definition) is 0. The fraction of sp³-hybridized carbons (Fsp3) is 0.675. The molecule has 0 bridgehead atoms. The number of esters is 3. The third kappa shape index (κ3) is 68.2. The number of unbranched alkanes of at least 4 members (excludes halogenated alkanes) is 29. The van der Waals surface area contributed by atoms with E-state index in [0.717, 1.165) is 148 Å². The number of hydrogen-bond acceptors (Lipinski definition) is 6. The zero-order chi connectivity index (χ0) is 59.9. The van der Waals surface area contributed by atoms with Gasteiger partial charge < -0.3 is 14.2 Å². The summed E-state index contributed by atoms with van der Waals surface area (Å²) in [5.74, 6) is -0.905. The lowest BCUT2D eigenvalue weighted by Gasteiger charge is -2.18. The Morgan fingerprint density at radius 3 is 0.735 bits per heavy atom. The fourth-order valence-electron chi connectivity index (χ4n) is 9.49. The minimum absolute atomic E-state index is 0.0881. The third-order valence-corrected chi connectivity index (χ3v) is 14.6. The molecule has 0 saturated heterocycles. The van der Waals surface area contributed by atoms with Crippen molar-refractivity contribution in [1.82, 2.24) is 0 Å². The zero-order valence-corrected chi connectivity index (χ0v) is 54.2. The molecule has 0 amide bonds. The van der Waals surface area contributed by atoms with Gasteiger partial charge in [-0.3, -0.25) is 14.4 Å². The van der Waals surface area contributed by atoms with E-state index in [4.69, 9.17) is 14.2 Å². The summed E-state index contributed by atoms with van der Waals surface area (Å²) in [6.07, 6.45) is 99.0. The zero-order valence-electron chi connectivity index (χ0n) is 54.2. The molecule has 6 nitrogen and oxygen atoms in total. The summed E-state index contributed by atoms with van der Waals surface area (Å²) in [5.41, 5.74) is 0. The largest absolute Gasteiger partial charge is 0.462 e. The molecule has 1 atom stereocenters. The van der Waals surface area contributed by atoms with E-state index in [-0.39, 0.29) is 31.1 Å². The van der Waals surface area contributed by atoms with E-state index < -0.39 is 6.10 Å². The molecule has 472 valence electrons. The van der Waals surface area contributed by atoms with Crippen molar-refractivity contribution < 1.29 is 28.6 Å². The van der Waals surface area contributed by atoms with Crippen molar-refractivity contribution in [3.63, 3.8) is 0 Å². The Labute approximate surface area is 513 Å². The van der Waals surface area contributed by atoms with Gasteiger partial charge in [-0.05, 0) is 135 Å². The van der Waals surface area contributed by atoms with Gasteiger partial charge in [0.25, 0.3) is 0 Å². The van der Waals surface area contributed by atoms with Gasteiger partial charge in [0.15, 0.2) is 6.10 Å². The summed E-state index contributed by atoms with van der Waals surface area (Å²) in [6.45, 7) is 6.39. The molecule has 0 N–H and O–H groups in total. The van der Waals surface area contributed by atoms with Crippen molar-refractivity contribution in [1.29, 1.82) is 0 Å². The van der Waals surface area contributed by atoms with Crippen LogP contribution >= 0.6 is 0 Å². The van der Waals surface area contributed by atoms with Crippen LogP contribution in [0.15, 0.2) is 134 Å². The lowest BCUT2D eigenvalue weighted by molar-refractivity contribution is -0.167. The first-order valence-electron chi connectivity index (χ1n) is 34.7. The molecule has 0 saturated carbocycles. The van der Waals surface area contributed by atoms with Crippen LogP contribution < -0.4 is 0 Å². The van der Waals surface area contributed by atoms with Crippen LogP contribution in [-0.2, 0) is 28.6 Å². The number of rotatable bonds is 62. The first-order chi connectivity index (χ1) is 41.0. The SMILES string of the molecule is CC/C=C\C/C=C\C/C=C\C/C=C\C/C=C\C/C=C\CCCCCCCCCCCCCCCCC(=O)OCC(COC(=O)CCCCCCC/C=C\C/C=C\CCCCC)OC(=O)CCCCCCCCC/C=C\C/C=C\C/C=C\CC. The van der Waals surface area contributed by atoms with E-state index in [9.17, 15) is 14.4 Å². The van der Waals surface area contributed by atoms with Crippen molar-refractivity contribution in [3.05, 3.63) is 134 Å². The maximum absolute atomic E-state index is 12.9. The van der Waals surface area contributed by atoms with Gasteiger partial charge in [-0.1, -0.05) is 296 Å². The molecule has 0 aromatic rings. The summed E-state index contributed by atoms with van der Waals surface area (Å²) in [4.78, 5) is 38.4. The number of ether oxygens (including phenoxy) is 3. The van der Waals surface area contributed by atoms with Gasteiger partial charge in [-0.25, -0.2) is 0 Å². The monoisotopic (exact) mass is 1150 g/mol. The number of carbonyl (C=O) groups excluding carboxylic acids is 3. The molecule has 0 aromatic heterocycles.